The molecule has 2 aromatic rings. The van der Waals surface area contributed by atoms with Crippen LogP contribution in [0.15, 0.2) is 48.5 Å². The lowest BCUT2D eigenvalue weighted by molar-refractivity contribution is -0.146. The molecule has 0 N–H and O–H groups in total. The first-order valence-electron chi connectivity index (χ1n) is 6.80. The van der Waals surface area contributed by atoms with Gasteiger partial charge in [-0.15, -0.1) is 0 Å². The van der Waals surface area contributed by atoms with Gasteiger partial charge in [-0.25, -0.2) is 0 Å². The van der Waals surface area contributed by atoms with Crippen LogP contribution < -0.4 is 4.74 Å². The molecule has 0 aliphatic rings. The molecule has 4 nitrogen and oxygen atoms in total. The number of para-hydroxylation sites is 1. The highest BCUT2D eigenvalue weighted by Gasteiger charge is 2.24. The van der Waals surface area contributed by atoms with Gasteiger partial charge in [-0.3, -0.25) is 4.79 Å². The van der Waals surface area contributed by atoms with Gasteiger partial charge in [-0.05, 0) is 37.3 Å². The third-order valence-electron chi connectivity index (χ3n) is 2.97. The molecule has 0 amide bonds. The number of hydrogen-bond acceptors (Lipinski definition) is 4. The number of halogens is 1. The molecule has 0 saturated carbocycles. The van der Waals surface area contributed by atoms with Crippen molar-refractivity contribution >= 4 is 23.9 Å². The highest BCUT2D eigenvalue weighted by molar-refractivity contribution is 6.30. The molecule has 0 aliphatic carbocycles. The number of esters is 1. The second kappa shape index (κ2) is 7.61. The Kier molecular flexibility index (Phi) is 5.55. The van der Waals surface area contributed by atoms with Gasteiger partial charge in [0.25, 0.3) is 0 Å². The molecule has 0 saturated heterocycles. The number of benzene rings is 2. The van der Waals surface area contributed by atoms with Gasteiger partial charge < -0.3 is 14.3 Å². The summed E-state index contributed by atoms with van der Waals surface area (Å²) in [6, 6.07) is 13.7. The smallest absolute Gasteiger partial charge is 0.320 e. The minimum Gasteiger partial charge on any atom is -0.465 e. The molecular weight excluding hydrogens is 304 g/mol. The van der Waals surface area contributed by atoms with Gasteiger partial charge in [0.1, 0.15) is 23.7 Å². The zero-order valence-corrected chi connectivity index (χ0v) is 12.7. The summed E-state index contributed by atoms with van der Waals surface area (Å²) in [5, 5.41) is 0.595. The molecule has 0 aromatic heterocycles. The van der Waals surface area contributed by atoms with E-state index in [1.807, 2.05) is 0 Å². The van der Waals surface area contributed by atoms with E-state index in [4.69, 9.17) is 21.1 Å². The van der Waals surface area contributed by atoms with Gasteiger partial charge in [0.05, 0.1) is 6.61 Å². The van der Waals surface area contributed by atoms with Crippen molar-refractivity contribution in [3.05, 3.63) is 59.1 Å². The van der Waals surface area contributed by atoms with E-state index in [0.29, 0.717) is 28.4 Å². The van der Waals surface area contributed by atoms with Crippen LogP contribution in [-0.2, 0) is 14.3 Å². The molecule has 22 heavy (non-hydrogen) atoms. The van der Waals surface area contributed by atoms with Crippen molar-refractivity contribution < 1.29 is 19.1 Å². The fraction of sp³-hybridized carbons (Fsp3) is 0.176. The van der Waals surface area contributed by atoms with Crippen LogP contribution in [0.1, 0.15) is 18.4 Å². The fourth-order valence-electron chi connectivity index (χ4n) is 1.95. The van der Waals surface area contributed by atoms with Crippen LogP contribution in [0.5, 0.6) is 11.5 Å². The molecule has 0 aliphatic heterocycles. The predicted molar refractivity (Wildman–Crippen MR) is 83.4 cm³/mol. The Hall–Kier alpha value is -2.33. The van der Waals surface area contributed by atoms with E-state index < -0.39 is 11.9 Å². The highest BCUT2D eigenvalue weighted by Crippen LogP contribution is 2.31. The Morgan fingerprint density at radius 2 is 1.86 bits per heavy atom. The summed E-state index contributed by atoms with van der Waals surface area (Å²) in [5.74, 6) is -0.617. The van der Waals surface area contributed by atoms with E-state index in [2.05, 4.69) is 0 Å². The standard InChI is InChI=1S/C17H15ClO4/c1-2-21-17(20)15(11-19)14-5-3-4-6-16(14)22-13-9-7-12(18)8-10-13/h3-11,15H,2H2,1H3. The van der Waals surface area contributed by atoms with Gasteiger partial charge in [0.2, 0.25) is 0 Å². The second-order valence-electron chi connectivity index (χ2n) is 4.46. The van der Waals surface area contributed by atoms with Crippen LogP contribution in [0.2, 0.25) is 5.02 Å². The average Bonchev–Trinajstić information content (AvgIpc) is 2.52. The van der Waals surface area contributed by atoms with Crippen LogP contribution >= 0.6 is 11.6 Å². The van der Waals surface area contributed by atoms with Crippen molar-refractivity contribution in [3.63, 3.8) is 0 Å². The number of ether oxygens (including phenoxy) is 2. The van der Waals surface area contributed by atoms with Crippen molar-refractivity contribution in [1.82, 2.24) is 0 Å². The third kappa shape index (κ3) is 3.86. The maximum Gasteiger partial charge on any atom is 0.320 e. The predicted octanol–water partition coefficient (Wildman–Crippen LogP) is 3.98. The summed E-state index contributed by atoms with van der Waals surface area (Å²) in [6.45, 7) is 1.90. The Bertz CT molecular complexity index is 652. The monoisotopic (exact) mass is 318 g/mol. The summed E-state index contributed by atoms with van der Waals surface area (Å²) in [7, 11) is 0. The quantitative estimate of drug-likeness (QED) is 0.459. The Balaban J connectivity index is 2.31. The summed E-state index contributed by atoms with van der Waals surface area (Å²) >= 11 is 5.83. The van der Waals surface area contributed by atoms with Crippen LogP contribution in [0.25, 0.3) is 0 Å². The van der Waals surface area contributed by atoms with E-state index in [1.54, 1.807) is 55.5 Å². The maximum absolute atomic E-state index is 11.9. The SMILES string of the molecule is CCOC(=O)C(C=O)c1ccccc1Oc1ccc(Cl)cc1. The lowest BCUT2D eigenvalue weighted by Gasteiger charge is -2.15. The molecule has 114 valence electrons. The Morgan fingerprint density at radius 1 is 1.18 bits per heavy atom. The number of rotatable bonds is 6. The fourth-order valence-corrected chi connectivity index (χ4v) is 2.07. The first-order valence-corrected chi connectivity index (χ1v) is 7.17. The molecule has 2 aromatic carbocycles. The topological polar surface area (TPSA) is 52.6 Å². The van der Waals surface area contributed by atoms with Crippen molar-refractivity contribution in [2.24, 2.45) is 0 Å². The van der Waals surface area contributed by atoms with Crippen molar-refractivity contribution in [3.8, 4) is 11.5 Å². The molecular formula is C17H15ClO4. The van der Waals surface area contributed by atoms with Gasteiger partial charge in [0.15, 0.2) is 0 Å². The summed E-state index contributed by atoms with van der Waals surface area (Å²) in [4.78, 5) is 23.2. The van der Waals surface area contributed by atoms with Crippen molar-refractivity contribution in [2.45, 2.75) is 12.8 Å². The first-order chi connectivity index (χ1) is 10.7. The van der Waals surface area contributed by atoms with Gasteiger partial charge in [-0.1, -0.05) is 29.8 Å². The maximum atomic E-state index is 11.9. The number of hydrogen-bond donors (Lipinski definition) is 0. The molecule has 1 unspecified atom stereocenters. The summed E-state index contributed by atoms with van der Waals surface area (Å²) in [5.41, 5.74) is 0.464. The third-order valence-corrected chi connectivity index (χ3v) is 3.22. The Morgan fingerprint density at radius 3 is 2.50 bits per heavy atom. The minimum atomic E-state index is -1.01. The van der Waals surface area contributed by atoms with Gasteiger partial charge in [-0.2, -0.15) is 0 Å². The van der Waals surface area contributed by atoms with Crippen LogP contribution in [0.4, 0.5) is 0 Å². The molecule has 0 bridgehead atoms. The largest absolute Gasteiger partial charge is 0.465 e. The zero-order valence-electron chi connectivity index (χ0n) is 12.0. The van der Waals surface area contributed by atoms with Gasteiger partial charge >= 0.3 is 5.97 Å². The number of carbonyl (C=O) groups excluding carboxylic acids is 2. The lowest BCUT2D eigenvalue weighted by Crippen LogP contribution is -2.17. The Labute approximate surface area is 133 Å². The van der Waals surface area contributed by atoms with E-state index in [0.717, 1.165) is 0 Å². The molecule has 1 atom stereocenters. The van der Waals surface area contributed by atoms with E-state index in [1.165, 1.54) is 0 Å². The van der Waals surface area contributed by atoms with Crippen molar-refractivity contribution in [1.29, 1.82) is 0 Å². The average molecular weight is 319 g/mol. The summed E-state index contributed by atoms with van der Waals surface area (Å²) in [6.07, 6.45) is 0.558. The molecule has 5 heteroatoms. The van der Waals surface area contributed by atoms with E-state index >= 15 is 0 Å². The van der Waals surface area contributed by atoms with Crippen LogP contribution in [0.3, 0.4) is 0 Å². The highest BCUT2D eigenvalue weighted by atomic mass is 35.5. The molecule has 0 fully saturated rings. The second-order valence-corrected chi connectivity index (χ2v) is 4.90. The normalized spacial score (nSPS) is 11.5. The molecule has 0 spiro atoms. The first kappa shape index (κ1) is 16.0. The van der Waals surface area contributed by atoms with E-state index in [-0.39, 0.29) is 6.61 Å². The number of carbonyl (C=O) groups is 2. The molecule has 0 heterocycles. The molecule has 0 radical (unpaired) electrons. The zero-order chi connectivity index (χ0) is 15.9. The van der Waals surface area contributed by atoms with Gasteiger partial charge in [0, 0.05) is 10.6 Å². The lowest BCUT2D eigenvalue weighted by atomic mass is 10.00. The minimum absolute atomic E-state index is 0.212. The number of aldehydes is 1. The van der Waals surface area contributed by atoms with Crippen LogP contribution in [0, 0.1) is 0 Å². The van der Waals surface area contributed by atoms with Crippen molar-refractivity contribution in [2.75, 3.05) is 6.61 Å². The van der Waals surface area contributed by atoms with E-state index in [9.17, 15) is 9.59 Å². The molecule has 2 rings (SSSR count). The summed E-state index contributed by atoms with van der Waals surface area (Å²) < 4.78 is 10.7. The van der Waals surface area contributed by atoms with Crippen LogP contribution in [-0.4, -0.2) is 18.9 Å².